The number of amides is 1. The van der Waals surface area contributed by atoms with Gasteiger partial charge in [-0.2, -0.15) is 9.97 Å². The molecule has 0 atom stereocenters. The lowest BCUT2D eigenvalue weighted by Crippen LogP contribution is -2.26. The molecular weight excluding hydrogens is 250 g/mol. The number of ether oxygens (including phenoxy) is 2. The summed E-state index contributed by atoms with van der Waals surface area (Å²) in [6.45, 7) is 4.38. The molecule has 0 fully saturated rings. The second kappa shape index (κ2) is 6.07. The molecule has 0 spiro atoms. The Morgan fingerprint density at radius 1 is 1.26 bits per heavy atom. The van der Waals surface area contributed by atoms with Crippen molar-refractivity contribution in [1.82, 2.24) is 14.9 Å². The van der Waals surface area contributed by atoms with Crippen LogP contribution in [0.4, 0.5) is 16.4 Å². The predicted octanol–water partition coefficient (Wildman–Crippen LogP) is 0.736. The average molecular weight is 269 g/mol. The molecule has 1 amide bonds. The molecule has 1 heterocycles. The van der Waals surface area contributed by atoms with Crippen molar-refractivity contribution < 1.29 is 14.3 Å². The Kier molecular flexibility index (Phi) is 4.74. The quantitative estimate of drug-likeness (QED) is 0.827. The number of hydrogen-bond acceptors (Lipinski definition) is 7. The van der Waals surface area contributed by atoms with Crippen molar-refractivity contribution >= 4 is 17.7 Å². The first-order chi connectivity index (χ1) is 8.81. The lowest BCUT2D eigenvalue weighted by atomic mass is 10.2. The lowest BCUT2D eigenvalue weighted by molar-refractivity contribution is 0.170. The molecule has 8 heteroatoms. The Morgan fingerprint density at radius 3 is 2.37 bits per heavy atom. The fraction of sp³-hybridized carbons (Fsp3) is 0.545. The highest BCUT2D eigenvalue weighted by atomic mass is 16.6. The number of nitrogens with zero attached hydrogens (tertiary/aromatic N) is 3. The van der Waals surface area contributed by atoms with Gasteiger partial charge in [0, 0.05) is 14.1 Å². The van der Waals surface area contributed by atoms with Gasteiger partial charge in [0.25, 0.3) is 5.88 Å². The molecule has 1 aromatic heterocycles. The van der Waals surface area contributed by atoms with Gasteiger partial charge >= 0.3 is 6.09 Å². The summed E-state index contributed by atoms with van der Waals surface area (Å²) in [4.78, 5) is 20.3. The van der Waals surface area contributed by atoms with Crippen LogP contribution in [0.5, 0.6) is 11.8 Å². The van der Waals surface area contributed by atoms with Crippen LogP contribution in [-0.2, 0) is 0 Å². The monoisotopic (exact) mass is 269 g/mol. The van der Waals surface area contributed by atoms with Crippen molar-refractivity contribution in [2.45, 2.75) is 13.8 Å². The number of aromatic nitrogens is 2. The first-order valence-electron chi connectivity index (χ1n) is 5.76. The second-order valence-electron chi connectivity index (χ2n) is 4.57. The van der Waals surface area contributed by atoms with Crippen molar-refractivity contribution in [2.75, 3.05) is 32.2 Å². The summed E-state index contributed by atoms with van der Waals surface area (Å²) < 4.78 is 10.4. The van der Waals surface area contributed by atoms with Gasteiger partial charge in [0.1, 0.15) is 0 Å². The number of nitrogen functional groups attached to an aromatic ring is 2. The molecule has 4 N–H and O–H groups in total. The summed E-state index contributed by atoms with van der Waals surface area (Å²) in [5.74, 6) is 0.227. The van der Waals surface area contributed by atoms with E-state index < -0.39 is 6.09 Å². The highest BCUT2D eigenvalue weighted by Crippen LogP contribution is 2.29. The first-order valence-corrected chi connectivity index (χ1v) is 5.76. The Hall–Kier alpha value is -2.25. The van der Waals surface area contributed by atoms with E-state index in [1.807, 2.05) is 13.8 Å². The van der Waals surface area contributed by atoms with Gasteiger partial charge < -0.3 is 25.8 Å². The third-order valence-electron chi connectivity index (χ3n) is 2.00. The van der Waals surface area contributed by atoms with Gasteiger partial charge in [-0.15, -0.1) is 0 Å². The summed E-state index contributed by atoms with van der Waals surface area (Å²) in [5, 5.41) is 0. The predicted molar refractivity (Wildman–Crippen MR) is 70.9 cm³/mol. The first kappa shape index (κ1) is 14.8. The summed E-state index contributed by atoms with van der Waals surface area (Å²) in [6.07, 6.45) is -0.611. The third-order valence-corrected chi connectivity index (χ3v) is 2.00. The van der Waals surface area contributed by atoms with Gasteiger partial charge in [0.15, 0.2) is 5.69 Å². The zero-order valence-corrected chi connectivity index (χ0v) is 11.5. The molecule has 0 bridgehead atoms. The van der Waals surface area contributed by atoms with E-state index in [2.05, 4.69) is 9.97 Å². The fourth-order valence-electron chi connectivity index (χ4n) is 1.05. The van der Waals surface area contributed by atoms with E-state index in [4.69, 9.17) is 20.9 Å². The maximum Gasteiger partial charge on any atom is 0.416 e. The summed E-state index contributed by atoms with van der Waals surface area (Å²) in [6, 6.07) is 0. The van der Waals surface area contributed by atoms with Gasteiger partial charge in [-0.05, 0) is 5.92 Å². The minimum absolute atomic E-state index is 0.0463. The van der Waals surface area contributed by atoms with E-state index in [-0.39, 0.29) is 23.4 Å². The summed E-state index contributed by atoms with van der Waals surface area (Å²) in [5.41, 5.74) is 11.4. The van der Waals surface area contributed by atoms with Crippen LogP contribution in [0, 0.1) is 5.92 Å². The van der Waals surface area contributed by atoms with Gasteiger partial charge in [-0.1, -0.05) is 13.8 Å². The number of carbonyl (C=O) groups excluding carboxylic acids is 1. The highest BCUT2D eigenvalue weighted by Gasteiger charge is 2.17. The van der Waals surface area contributed by atoms with Crippen LogP contribution in [0.3, 0.4) is 0 Å². The Balaban J connectivity index is 2.96. The molecule has 0 unspecified atom stereocenters. The molecule has 0 aromatic carbocycles. The van der Waals surface area contributed by atoms with Crippen LogP contribution in [0.1, 0.15) is 13.8 Å². The highest BCUT2D eigenvalue weighted by molar-refractivity contribution is 5.72. The summed E-state index contributed by atoms with van der Waals surface area (Å²) >= 11 is 0. The summed E-state index contributed by atoms with van der Waals surface area (Å²) in [7, 11) is 3.08. The van der Waals surface area contributed by atoms with E-state index in [9.17, 15) is 4.79 Å². The molecule has 0 radical (unpaired) electrons. The Labute approximate surface area is 111 Å². The van der Waals surface area contributed by atoms with Crippen LogP contribution in [-0.4, -0.2) is 41.7 Å². The van der Waals surface area contributed by atoms with E-state index in [0.29, 0.717) is 12.5 Å². The molecule has 0 saturated carbocycles. The molecular formula is C11H19N5O3. The SMILES string of the molecule is CC(C)COc1nc(N)nc(OC(=O)N(C)C)c1N. The molecule has 19 heavy (non-hydrogen) atoms. The van der Waals surface area contributed by atoms with E-state index in [1.54, 1.807) is 14.1 Å². The van der Waals surface area contributed by atoms with E-state index in [0.717, 1.165) is 0 Å². The fourth-order valence-corrected chi connectivity index (χ4v) is 1.05. The maximum absolute atomic E-state index is 11.5. The number of nitrogens with two attached hydrogens (primary N) is 2. The van der Waals surface area contributed by atoms with Crippen molar-refractivity contribution in [2.24, 2.45) is 5.92 Å². The number of rotatable bonds is 4. The lowest BCUT2D eigenvalue weighted by Gasteiger charge is -2.14. The minimum Gasteiger partial charge on any atom is -0.476 e. The molecule has 0 saturated heterocycles. The van der Waals surface area contributed by atoms with Gasteiger partial charge in [-0.3, -0.25) is 0 Å². The van der Waals surface area contributed by atoms with Crippen molar-refractivity contribution in [1.29, 1.82) is 0 Å². The number of hydrogen-bond donors (Lipinski definition) is 2. The Bertz CT molecular complexity index is 462. The minimum atomic E-state index is -0.611. The van der Waals surface area contributed by atoms with Crippen molar-refractivity contribution in [3.63, 3.8) is 0 Å². The van der Waals surface area contributed by atoms with Gasteiger partial charge in [-0.25, -0.2) is 4.79 Å². The van der Waals surface area contributed by atoms with Crippen LogP contribution in [0.2, 0.25) is 0 Å². The molecule has 8 nitrogen and oxygen atoms in total. The van der Waals surface area contributed by atoms with E-state index in [1.165, 1.54) is 4.90 Å². The van der Waals surface area contributed by atoms with Gasteiger partial charge in [0.2, 0.25) is 11.8 Å². The third kappa shape index (κ3) is 4.16. The zero-order chi connectivity index (χ0) is 14.6. The van der Waals surface area contributed by atoms with Gasteiger partial charge in [0.05, 0.1) is 6.61 Å². The topological polar surface area (TPSA) is 117 Å². The smallest absolute Gasteiger partial charge is 0.416 e. The second-order valence-corrected chi connectivity index (χ2v) is 4.57. The molecule has 1 rings (SSSR count). The average Bonchev–Trinajstić information content (AvgIpc) is 2.31. The normalized spacial score (nSPS) is 10.4. The maximum atomic E-state index is 11.5. The molecule has 106 valence electrons. The molecule has 1 aromatic rings. The van der Waals surface area contributed by atoms with E-state index >= 15 is 0 Å². The standard InChI is InChI=1S/C11H19N5O3/c1-6(2)5-18-8-7(12)9(15-10(13)14-8)19-11(17)16(3)4/h6H,5,12H2,1-4H3,(H2,13,14,15). The number of anilines is 2. The largest absolute Gasteiger partial charge is 0.476 e. The van der Waals surface area contributed by atoms with Crippen LogP contribution < -0.4 is 20.9 Å². The van der Waals surface area contributed by atoms with Crippen LogP contribution in [0.25, 0.3) is 0 Å². The molecule has 0 aliphatic carbocycles. The molecule has 0 aliphatic heterocycles. The molecule has 0 aliphatic rings. The number of carbonyl (C=O) groups is 1. The zero-order valence-electron chi connectivity index (χ0n) is 11.5. The van der Waals surface area contributed by atoms with Crippen molar-refractivity contribution in [3.8, 4) is 11.8 Å². The van der Waals surface area contributed by atoms with Crippen LogP contribution in [0.15, 0.2) is 0 Å². The van der Waals surface area contributed by atoms with Crippen LogP contribution >= 0.6 is 0 Å². The van der Waals surface area contributed by atoms with Crippen molar-refractivity contribution in [3.05, 3.63) is 0 Å². The Morgan fingerprint density at radius 2 is 1.84 bits per heavy atom.